The fourth-order valence-electron chi connectivity index (χ4n) is 1.13. The molecule has 0 bridgehead atoms. The van der Waals surface area contributed by atoms with Crippen molar-refractivity contribution in [1.29, 1.82) is 0 Å². The van der Waals surface area contributed by atoms with Gasteiger partial charge in [-0.2, -0.15) is 0 Å². The van der Waals surface area contributed by atoms with Crippen molar-refractivity contribution in [2.24, 2.45) is 0 Å². The molecule has 0 heterocycles. The van der Waals surface area contributed by atoms with Crippen LogP contribution in [0.5, 0.6) is 5.75 Å². The Labute approximate surface area is 86.5 Å². The van der Waals surface area contributed by atoms with Crippen molar-refractivity contribution >= 4 is 11.7 Å². The predicted molar refractivity (Wildman–Crippen MR) is 53.9 cm³/mol. The van der Waals surface area contributed by atoms with Crippen LogP contribution in [0.15, 0.2) is 18.2 Å². The van der Waals surface area contributed by atoms with Crippen molar-refractivity contribution in [2.75, 3.05) is 19.0 Å². The maximum absolute atomic E-state index is 11.8. The molecule has 0 aliphatic rings. The molecule has 1 aromatic carbocycles. The molecule has 5 heteroatoms. The highest BCUT2D eigenvalue weighted by Crippen LogP contribution is 2.24. The average molecular weight is 213 g/mol. The van der Waals surface area contributed by atoms with E-state index >= 15 is 0 Å². The molecule has 4 nitrogen and oxygen atoms in total. The van der Waals surface area contributed by atoms with Gasteiger partial charge in [-0.15, -0.1) is 0 Å². The number of anilines is 1. The van der Waals surface area contributed by atoms with Crippen LogP contribution in [0.25, 0.3) is 0 Å². The summed E-state index contributed by atoms with van der Waals surface area (Å²) in [6.45, 7) is -0.356. The van der Waals surface area contributed by atoms with E-state index in [1.54, 1.807) is 6.07 Å². The van der Waals surface area contributed by atoms with Crippen LogP contribution in [0, 0.1) is 0 Å². The summed E-state index contributed by atoms with van der Waals surface area (Å²) >= 11 is 0. The highest BCUT2D eigenvalue weighted by molar-refractivity contribution is 5.96. The van der Waals surface area contributed by atoms with Gasteiger partial charge in [0.15, 0.2) is 0 Å². The van der Waals surface area contributed by atoms with Gasteiger partial charge in [0.05, 0.1) is 13.3 Å². The summed E-state index contributed by atoms with van der Waals surface area (Å²) in [5.41, 5.74) is 5.56. The number of halogens is 1. The zero-order valence-corrected chi connectivity index (χ0v) is 8.07. The van der Waals surface area contributed by atoms with Crippen molar-refractivity contribution in [3.63, 3.8) is 0 Å². The van der Waals surface area contributed by atoms with Gasteiger partial charge >= 0.3 is 5.97 Å². The lowest BCUT2D eigenvalue weighted by Crippen LogP contribution is -2.07. The number of carboxylic acids is 1. The Bertz CT molecular complexity index is 355. The molecule has 0 aromatic heterocycles. The number of hydrogen-bond acceptors (Lipinski definition) is 3. The highest BCUT2D eigenvalue weighted by Gasteiger charge is 2.14. The first-order valence-corrected chi connectivity index (χ1v) is 4.47. The van der Waals surface area contributed by atoms with Crippen LogP contribution in [0.3, 0.4) is 0 Å². The summed E-state index contributed by atoms with van der Waals surface area (Å²) in [5, 5.41) is 8.87. The molecule has 0 aliphatic heterocycles. The Morgan fingerprint density at radius 3 is 2.87 bits per heavy atom. The van der Waals surface area contributed by atoms with Crippen LogP contribution in [-0.2, 0) is 0 Å². The van der Waals surface area contributed by atoms with E-state index < -0.39 is 12.6 Å². The van der Waals surface area contributed by atoms with Gasteiger partial charge in [-0.05, 0) is 12.1 Å². The molecule has 0 fully saturated rings. The second-order valence-electron chi connectivity index (χ2n) is 2.92. The fraction of sp³-hybridized carbons (Fsp3) is 0.300. The van der Waals surface area contributed by atoms with Gasteiger partial charge in [0.1, 0.15) is 11.3 Å². The number of benzene rings is 1. The third-order valence-electron chi connectivity index (χ3n) is 1.81. The number of nitrogen functional groups attached to an aromatic ring is 1. The molecule has 0 saturated carbocycles. The van der Waals surface area contributed by atoms with Crippen LogP contribution in [0.2, 0.25) is 0 Å². The van der Waals surface area contributed by atoms with Crippen LogP contribution < -0.4 is 10.5 Å². The topological polar surface area (TPSA) is 72.5 Å². The smallest absolute Gasteiger partial charge is 0.341 e. The van der Waals surface area contributed by atoms with Crippen molar-refractivity contribution < 1.29 is 19.0 Å². The second kappa shape index (κ2) is 5.19. The van der Waals surface area contributed by atoms with E-state index in [0.717, 1.165) is 0 Å². The highest BCUT2D eigenvalue weighted by atomic mass is 19.1. The quantitative estimate of drug-likeness (QED) is 0.576. The van der Waals surface area contributed by atoms with Crippen molar-refractivity contribution in [2.45, 2.75) is 6.42 Å². The monoisotopic (exact) mass is 213 g/mol. The van der Waals surface area contributed by atoms with E-state index in [-0.39, 0.29) is 30.0 Å². The van der Waals surface area contributed by atoms with Gasteiger partial charge in [-0.1, -0.05) is 6.07 Å². The first kappa shape index (κ1) is 11.3. The number of aromatic carboxylic acids is 1. The fourth-order valence-corrected chi connectivity index (χ4v) is 1.13. The normalized spacial score (nSPS) is 9.93. The van der Waals surface area contributed by atoms with E-state index in [4.69, 9.17) is 15.6 Å². The number of alkyl halides is 1. The number of ether oxygens (including phenoxy) is 1. The molecule has 0 atom stereocenters. The maximum atomic E-state index is 11.8. The minimum atomic E-state index is -1.15. The molecule has 15 heavy (non-hydrogen) atoms. The molecule has 0 saturated heterocycles. The number of hydrogen-bond donors (Lipinski definition) is 2. The van der Waals surface area contributed by atoms with Crippen molar-refractivity contribution in [3.8, 4) is 5.75 Å². The Kier molecular flexibility index (Phi) is 3.91. The van der Waals surface area contributed by atoms with Crippen LogP contribution in [-0.4, -0.2) is 24.4 Å². The largest absolute Gasteiger partial charge is 0.493 e. The zero-order valence-electron chi connectivity index (χ0n) is 8.07. The number of rotatable bonds is 5. The standard InChI is InChI=1S/C10H12FNO3/c11-5-2-6-15-8-4-1-3-7(12)9(8)10(13)14/h1,3-4H,2,5-6,12H2,(H,13,14). The molecule has 1 aromatic rings. The van der Waals surface area contributed by atoms with E-state index in [2.05, 4.69) is 0 Å². The van der Waals surface area contributed by atoms with E-state index in [1.807, 2.05) is 0 Å². The third-order valence-corrected chi connectivity index (χ3v) is 1.81. The van der Waals surface area contributed by atoms with Gasteiger partial charge in [0.2, 0.25) is 0 Å². The van der Waals surface area contributed by atoms with Gasteiger partial charge in [-0.25, -0.2) is 4.79 Å². The zero-order chi connectivity index (χ0) is 11.3. The molecule has 0 amide bonds. The van der Waals surface area contributed by atoms with Gasteiger partial charge < -0.3 is 15.6 Å². The van der Waals surface area contributed by atoms with E-state index in [9.17, 15) is 9.18 Å². The summed E-state index contributed by atoms with van der Waals surface area (Å²) in [5.74, 6) is -0.973. The third kappa shape index (κ3) is 2.83. The molecule has 1 rings (SSSR count). The SMILES string of the molecule is Nc1cccc(OCCCF)c1C(=O)O. The maximum Gasteiger partial charge on any atom is 0.341 e. The Hall–Kier alpha value is -1.78. The molecule has 0 spiro atoms. The summed E-state index contributed by atoms with van der Waals surface area (Å²) in [4.78, 5) is 10.8. The minimum absolute atomic E-state index is 0.0728. The van der Waals surface area contributed by atoms with Crippen LogP contribution >= 0.6 is 0 Å². The number of carbonyl (C=O) groups is 1. The second-order valence-corrected chi connectivity index (χ2v) is 2.92. The Morgan fingerprint density at radius 1 is 1.53 bits per heavy atom. The molecule has 0 aliphatic carbocycles. The summed E-state index contributed by atoms with van der Waals surface area (Å²) in [6, 6.07) is 4.57. The van der Waals surface area contributed by atoms with Crippen molar-refractivity contribution in [3.05, 3.63) is 23.8 Å². The molecule has 0 radical (unpaired) electrons. The van der Waals surface area contributed by atoms with E-state index in [0.29, 0.717) is 0 Å². The molecular formula is C10H12FNO3. The summed E-state index contributed by atoms with van der Waals surface area (Å²) in [6.07, 6.45) is 0.230. The first-order chi connectivity index (χ1) is 7.16. The average Bonchev–Trinajstić information content (AvgIpc) is 2.17. The van der Waals surface area contributed by atoms with Crippen LogP contribution in [0.1, 0.15) is 16.8 Å². The molecular weight excluding hydrogens is 201 g/mol. The Morgan fingerprint density at radius 2 is 2.27 bits per heavy atom. The summed E-state index contributed by atoms with van der Waals surface area (Å²) < 4.78 is 16.9. The molecule has 3 N–H and O–H groups in total. The number of carboxylic acid groups (broad SMARTS) is 1. The first-order valence-electron chi connectivity index (χ1n) is 4.47. The number of nitrogens with two attached hydrogens (primary N) is 1. The lowest BCUT2D eigenvalue weighted by molar-refractivity contribution is 0.0693. The lowest BCUT2D eigenvalue weighted by Gasteiger charge is -2.09. The summed E-state index contributed by atoms with van der Waals surface area (Å²) in [7, 11) is 0. The van der Waals surface area contributed by atoms with Gasteiger partial charge in [0.25, 0.3) is 0 Å². The predicted octanol–water partition coefficient (Wildman–Crippen LogP) is 1.71. The lowest BCUT2D eigenvalue weighted by atomic mass is 10.1. The Balaban J connectivity index is 2.86. The van der Waals surface area contributed by atoms with Crippen molar-refractivity contribution in [1.82, 2.24) is 0 Å². The van der Waals surface area contributed by atoms with Gasteiger partial charge in [-0.3, -0.25) is 4.39 Å². The molecule has 82 valence electrons. The van der Waals surface area contributed by atoms with Crippen LogP contribution in [0.4, 0.5) is 10.1 Å². The van der Waals surface area contributed by atoms with Gasteiger partial charge in [0, 0.05) is 12.1 Å². The minimum Gasteiger partial charge on any atom is -0.493 e. The van der Waals surface area contributed by atoms with E-state index in [1.165, 1.54) is 12.1 Å². The molecule has 0 unspecified atom stereocenters.